The van der Waals surface area contributed by atoms with Gasteiger partial charge in [-0.1, -0.05) is 6.07 Å². The summed E-state index contributed by atoms with van der Waals surface area (Å²) in [6.45, 7) is 4.98. The maximum Gasteiger partial charge on any atom is 0.225 e. The number of likely N-dealkylation sites (tertiary alicyclic amines) is 1. The van der Waals surface area contributed by atoms with Gasteiger partial charge in [0.2, 0.25) is 5.91 Å². The molecule has 194 valence electrons. The zero-order valence-electron chi connectivity index (χ0n) is 20.9. The summed E-state index contributed by atoms with van der Waals surface area (Å²) in [5, 5.41) is 14.6. The van der Waals surface area contributed by atoms with Gasteiger partial charge in [-0.25, -0.2) is 0 Å². The molecule has 2 aromatic heterocycles. The van der Waals surface area contributed by atoms with Crippen LogP contribution in [0.15, 0.2) is 48.8 Å². The molecule has 9 nitrogen and oxygen atoms in total. The van der Waals surface area contributed by atoms with Crippen LogP contribution in [0.2, 0.25) is 0 Å². The number of aromatic nitrogens is 2. The molecule has 1 amide bonds. The monoisotopic (exact) mass is 503 g/mol. The quantitative estimate of drug-likeness (QED) is 0.508. The zero-order chi connectivity index (χ0) is 25.2. The van der Waals surface area contributed by atoms with Crippen molar-refractivity contribution in [3.05, 3.63) is 54.4 Å². The predicted octanol–water partition coefficient (Wildman–Crippen LogP) is 2.54. The molecule has 0 bridgehead atoms. The van der Waals surface area contributed by atoms with Crippen LogP contribution in [0.5, 0.6) is 11.5 Å². The summed E-state index contributed by atoms with van der Waals surface area (Å²) in [5.74, 6) is 1.15. The van der Waals surface area contributed by atoms with Crippen molar-refractivity contribution in [2.45, 2.75) is 31.4 Å². The Hall–Kier alpha value is -3.43. The molecule has 9 heteroatoms. The molecule has 0 radical (unpaired) electrons. The number of benzene rings is 1. The van der Waals surface area contributed by atoms with Crippen molar-refractivity contribution in [2.24, 2.45) is 5.92 Å². The molecule has 5 heterocycles. The van der Waals surface area contributed by atoms with Crippen molar-refractivity contribution < 1.29 is 19.4 Å². The first-order valence-corrected chi connectivity index (χ1v) is 13.2. The third kappa shape index (κ3) is 5.19. The van der Waals surface area contributed by atoms with Crippen LogP contribution in [0.4, 0.5) is 5.69 Å². The van der Waals surface area contributed by atoms with E-state index in [-0.39, 0.29) is 11.8 Å². The van der Waals surface area contributed by atoms with Crippen LogP contribution < -0.4 is 19.7 Å². The van der Waals surface area contributed by atoms with Gasteiger partial charge in [0.15, 0.2) is 11.5 Å². The lowest BCUT2D eigenvalue weighted by molar-refractivity contribution is -0.126. The smallest absolute Gasteiger partial charge is 0.225 e. The number of aliphatic hydroxyl groups excluding tert-OH is 1. The summed E-state index contributed by atoms with van der Waals surface area (Å²) in [4.78, 5) is 26.9. The summed E-state index contributed by atoms with van der Waals surface area (Å²) in [5.41, 5.74) is 3.40. The molecule has 6 rings (SSSR count). The fourth-order valence-corrected chi connectivity index (χ4v) is 5.57. The minimum atomic E-state index is -0.853. The van der Waals surface area contributed by atoms with Gasteiger partial charge in [-0.15, -0.1) is 0 Å². The van der Waals surface area contributed by atoms with Crippen LogP contribution in [0.3, 0.4) is 0 Å². The Morgan fingerprint density at radius 3 is 2.76 bits per heavy atom. The highest BCUT2D eigenvalue weighted by atomic mass is 16.6. The molecule has 37 heavy (non-hydrogen) atoms. The van der Waals surface area contributed by atoms with Crippen LogP contribution in [-0.2, 0) is 4.79 Å². The van der Waals surface area contributed by atoms with Crippen molar-refractivity contribution in [1.82, 2.24) is 20.2 Å². The summed E-state index contributed by atoms with van der Waals surface area (Å²) < 4.78 is 11.4. The summed E-state index contributed by atoms with van der Waals surface area (Å²) in [6.07, 6.45) is 5.81. The van der Waals surface area contributed by atoms with E-state index in [4.69, 9.17) is 9.47 Å². The lowest BCUT2D eigenvalue weighted by Crippen LogP contribution is -2.48. The van der Waals surface area contributed by atoms with Gasteiger partial charge in [0.25, 0.3) is 0 Å². The van der Waals surface area contributed by atoms with E-state index in [2.05, 4.69) is 25.1 Å². The standard InChI is InChI=1S/C28H33N5O4/c34-27(19-5-6-25-26(14-19)37-13-12-36-25)24(18-32-9-1-2-10-32)31-28(35)20-7-11-33(17-20)21-15-23-22(30-16-21)4-3-8-29-23/h3-6,8,14-16,20,24,27,34H,1-2,7,9-13,17-18H2,(H,31,35)/t20-,24?,27?/m1/s1. The molecule has 0 saturated carbocycles. The Balaban J connectivity index is 1.15. The number of nitrogens with one attached hydrogen (secondary N) is 1. The van der Waals surface area contributed by atoms with Crippen LogP contribution in [0.25, 0.3) is 11.0 Å². The van der Waals surface area contributed by atoms with Gasteiger partial charge in [-0.05, 0) is 68.2 Å². The van der Waals surface area contributed by atoms with Crippen LogP contribution in [0, 0.1) is 5.92 Å². The number of anilines is 1. The Morgan fingerprint density at radius 2 is 1.89 bits per heavy atom. The van der Waals surface area contributed by atoms with E-state index in [1.165, 1.54) is 0 Å². The molecule has 1 aromatic carbocycles. The normalized spacial score (nSPS) is 21.2. The van der Waals surface area contributed by atoms with Crippen molar-refractivity contribution in [1.29, 1.82) is 0 Å². The maximum absolute atomic E-state index is 13.4. The SMILES string of the molecule is O=C(NC(CN1CCCC1)C(O)c1ccc2c(c1)OCCO2)[C@@H]1CCN(c2cnc3cccnc3c2)C1. The van der Waals surface area contributed by atoms with Crippen molar-refractivity contribution in [3.63, 3.8) is 0 Å². The van der Waals surface area contributed by atoms with Gasteiger partial charge in [-0.2, -0.15) is 0 Å². The summed E-state index contributed by atoms with van der Waals surface area (Å²) in [7, 11) is 0. The largest absolute Gasteiger partial charge is 0.486 e. The Kier molecular flexibility index (Phi) is 6.80. The fourth-order valence-electron chi connectivity index (χ4n) is 5.57. The third-order valence-corrected chi connectivity index (χ3v) is 7.63. The van der Waals surface area contributed by atoms with Crippen molar-refractivity contribution >= 4 is 22.6 Å². The number of aliphatic hydroxyl groups is 1. The Labute approximate surface area is 216 Å². The number of pyridine rings is 2. The molecule has 2 unspecified atom stereocenters. The third-order valence-electron chi connectivity index (χ3n) is 7.63. The molecule has 3 aromatic rings. The van der Waals surface area contributed by atoms with E-state index in [0.29, 0.717) is 37.8 Å². The lowest BCUT2D eigenvalue weighted by Gasteiger charge is -2.30. The van der Waals surface area contributed by atoms with E-state index in [0.717, 1.165) is 61.2 Å². The average Bonchev–Trinajstić information content (AvgIpc) is 3.64. The molecule has 0 spiro atoms. The number of hydrogen-bond donors (Lipinski definition) is 2. The molecule has 3 aliphatic heterocycles. The molecule has 3 aliphatic rings. The van der Waals surface area contributed by atoms with E-state index in [9.17, 15) is 9.90 Å². The second-order valence-electron chi connectivity index (χ2n) is 10.1. The van der Waals surface area contributed by atoms with Crippen LogP contribution in [0.1, 0.15) is 30.9 Å². The molecule has 0 aliphatic carbocycles. The molecule has 2 saturated heterocycles. The van der Waals surface area contributed by atoms with Crippen molar-refractivity contribution in [2.75, 3.05) is 50.8 Å². The second-order valence-corrected chi connectivity index (χ2v) is 10.1. The zero-order valence-corrected chi connectivity index (χ0v) is 20.9. The second kappa shape index (κ2) is 10.5. The maximum atomic E-state index is 13.4. The average molecular weight is 504 g/mol. The Morgan fingerprint density at radius 1 is 1.05 bits per heavy atom. The van der Waals surface area contributed by atoms with Crippen LogP contribution >= 0.6 is 0 Å². The number of hydrogen-bond acceptors (Lipinski definition) is 8. The van der Waals surface area contributed by atoms with Gasteiger partial charge in [-0.3, -0.25) is 14.8 Å². The fraction of sp³-hybridized carbons (Fsp3) is 0.464. The number of rotatable bonds is 7. The van der Waals surface area contributed by atoms with E-state index < -0.39 is 12.1 Å². The number of nitrogens with zero attached hydrogens (tertiary/aromatic N) is 4. The first-order valence-electron chi connectivity index (χ1n) is 13.2. The van der Waals surface area contributed by atoms with Gasteiger partial charge in [0.05, 0.1) is 34.9 Å². The number of ether oxygens (including phenoxy) is 2. The number of carbonyl (C=O) groups excluding carboxylic acids is 1. The highest BCUT2D eigenvalue weighted by molar-refractivity contribution is 5.81. The minimum Gasteiger partial charge on any atom is -0.486 e. The minimum absolute atomic E-state index is 0.0184. The summed E-state index contributed by atoms with van der Waals surface area (Å²) >= 11 is 0. The molecule has 2 N–H and O–H groups in total. The van der Waals surface area contributed by atoms with Gasteiger partial charge < -0.3 is 29.7 Å². The summed E-state index contributed by atoms with van der Waals surface area (Å²) in [6, 6.07) is 11.0. The first-order chi connectivity index (χ1) is 18.1. The highest BCUT2D eigenvalue weighted by Crippen LogP contribution is 2.34. The van der Waals surface area contributed by atoms with Gasteiger partial charge in [0, 0.05) is 25.8 Å². The highest BCUT2D eigenvalue weighted by Gasteiger charge is 2.33. The van der Waals surface area contributed by atoms with Gasteiger partial charge in [0.1, 0.15) is 19.3 Å². The number of amides is 1. The number of carbonyl (C=O) groups is 1. The molecule has 3 atom stereocenters. The van der Waals surface area contributed by atoms with Gasteiger partial charge >= 0.3 is 0 Å². The predicted molar refractivity (Wildman–Crippen MR) is 140 cm³/mol. The van der Waals surface area contributed by atoms with Crippen molar-refractivity contribution in [3.8, 4) is 11.5 Å². The first kappa shape index (κ1) is 23.9. The molecule has 2 fully saturated rings. The topological polar surface area (TPSA) is 100 Å². The van der Waals surface area contributed by atoms with Crippen LogP contribution in [-0.4, -0.2) is 77.9 Å². The van der Waals surface area contributed by atoms with E-state index in [1.54, 1.807) is 6.20 Å². The van der Waals surface area contributed by atoms with E-state index in [1.807, 2.05) is 42.6 Å². The Bertz CT molecular complexity index is 1260. The van der Waals surface area contributed by atoms with E-state index >= 15 is 0 Å². The molecular weight excluding hydrogens is 470 g/mol. The lowest BCUT2D eigenvalue weighted by atomic mass is 9.99. The number of fused-ring (bicyclic) bond motifs is 2. The molecular formula is C28H33N5O4.